The molecule has 11 rings (SSSR count). The van der Waals surface area contributed by atoms with Crippen molar-refractivity contribution in [3.8, 4) is 33.7 Å². The van der Waals surface area contributed by atoms with Crippen LogP contribution in [0.2, 0.25) is 0 Å². The van der Waals surface area contributed by atoms with Gasteiger partial charge < -0.3 is 14.6 Å². The number of hydrogen-bond acceptors (Lipinski definition) is 2. The Morgan fingerprint density at radius 1 is 0.478 bits per heavy atom. The third-order valence-electron chi connectivity index (χ3n) is 10.1. The smallest absolute Gasteiger partial charge is 0.196 e. The average molecular weight is 587 g/mol. The molecule has 46 heavy (non-hydrogen) atoms. The van der Waals surface area contributed by atoms with Crippen molar-refractivity contribution >= 4 is 59.8 Å². The number of nitrogens with one attached hydrogen (secondary N) is 1. The minimum atomic E-state index is -0.216. The molecule has 0 bridgehead atoms. The predicted molar refractivity (Wildman–Crippen MR) is 191 cm³/mol. The molecule has 0 saturated heterocycles. The third-order valence-corrected chi connectivity index (χ3v) is 10.1. The van der Waals surface area contributed by atoms with Crippen LogP contribution in [-0.2, 0) is 0 Å². The average Bonchev–Trinajstić information content (AvgIpc) is 3.68. The first kappa shape index (κ1) is 24.3. The Hall–Kier alpha value is -6.06. The van der Waals surface area contributed by atoms with Gasteiger partial charge >= 0.3 is 0 Å². The van der Waals surface area contributed by atoms with Crippen LogP contribution in [0.3, 0.4) is 0 Å². The van der Waals surface area contributed by atoms with E-state index in [1.165, 1.54) is 71.0 Å². The van der Waals surface area contributed by atoms with Crippen LogP contribution >= 0.6 is 0 Å². The van der Waals surface area contributed by atoms with Crippen LogP contribution in [0.25, 0.3) is 82.1 Å². The molecule has 3 heteroatoms. The predicted octanol–water partition coefficient (Wildman–Crippen LogP) is 11.4. The minimum absolute atomic E-state index is 0.216. The fourth-order valence-corrected chi connectivity index (χ4v) is 8.15. The van der Waals surface area contributed by atoms with Gasteiger partial charge in [-0.1, -0.05) is 115 Å². The summed E-state index contributed by atoms with van der Waals surface area (Å²) in [4.78, 5) is 0. The summed E-state index contributed by atoms with van der Waals surface area (Å²) < 4.78 is 9.15. The van der Waals surface area contributed by atoms with Crippen LogP contribution in [0.5, 0.6) is 5.75 Å². The topological polar surface area (TPSA) is 26.2 Å². The van der Waals surface area contributed by atoms with Crippen LogP contribution in [0, 0.1) is 0 Å². The summed E-state index contributed by atoms with van der Waals surface area (Å²) in [6.45, 7) is 0. The molecule has 2 aliphatic rings. The van der Waals surface area contributed by atoms with Gasteiger partial charge in [0.15, 0.2) is 12.0 Å². The molecule has 2 heterocycles. The zero-order valence-corrected chi connectivity index (χ0v) is 24.8. The highest BCUT2D eigenvalue weighted by Crippen LogP contribution is 2.50. The van der Waals surface area contributed by atoms with Crippen molar-refractivity contribution in [2.45, 2.75) is 6.23 Å². The first-order valence-electron chi connectivity index (χ1n) is 15.9. The second-order valence-corrected chi connectivity index (χ2v) is 12.5. The van der Waals surface area contributed by atoms with E-state index >= 15 is 0 Å². The van der Waals surface area contributed by atoms with E-state index in [0.717, 1.165) is 28.1 Å². The molecule has 0 amide bonds. The molecule has 1 N–H and O–H groups in total. The van der Waals surface area contributed by atoms with Crippen LogP contribution in [0.15, 0.2) is 146 Å². The molecule has 1 atom stereocenters. The zero-order valence-electron chi connectivity index (χ0n) is 24.8. The lowest BCUT2D eigenvalue weighted by Crippen LogP contribution is -2.09. The number of ether oxygens (including phenoxy) is 1. The summed E-state index contributed by atoms with van der Waals surface area (Å²) in [6, 6.07) is 53.0. The van der Waals surface area contributed by atoms with Crippen molar-refractivity contribution in [1.82, 2.24) is 4.57 Å². The highest BCUT2D eigenvalue weighted by atomic mass is 16.5. The molecule has 0 radical (unpaired) electrons. The molecular weight excluding hydrogens is 560 g/mol. The molecule has 1 aliphatic carbocycles. The Morgan fingerprint density at radius 3 is 2.00 bits per heavy atom. The Labute approximate surface area is 264 Å². The Balaban J connectivity index is 1.22. The Morgan fingerprint density at radius 2 is 1.13 bits per heavy atom. The molecule has 1 aromatic heterocycles. The lowest BCUT2D eigenvalue weighted by molar-refractivity contribution is 0.263. The van der Waals surface area contributed by atoms with Crippen molar-refractivity contribution in [1.29, 1.82) is 0 Å². The lowest BCUT2D eigenvalue weighted by Gasteiger charge is -2.15. The number of hydrogen-bond donors (Lipinski definition) is 1. The first-order valence-corrected chi connectivity index (χ1v) is 15.9. The van der Waals surface area contributed by atoms with Crippen molar-refractivity contribution in [2.75, 3.05) is 5.32 Å². The summed E-state index contributed by atoms with van der Waals surface area (Å²) in [5.41, 5.74) is 10.9. The molecule has 3 nitrogen and oxygen atoms in total. The normalized spacial score (nSPS) is 14.7. The Bertz CT molecular complexity index is 2760. The fourth-order valence-electron chi connectivity index (χ4n) is 8.15. The van der Waals surface area contributed by atoms with Gasteiger partial charge in [0.25, 0.3) is 0 Å². The van der Waals surface area contributed by atoms with Crippen LogP contribution in [-0.4, -0.2) is 4.57 Å². The summed E-state index contributed by atoms with van der Waals surface area (Å²) in [5, 5.41) is 13.6. The number of benzene rings is 8. The number of fused-ring (bicyclic) bond motifs is 8. The number of rotatable bonds is 2. The summed E-state index contributed by atoms with van der Waals surface area (Å²) in [6.07, 6.45) is -0.216. The van der Waals surface area contributed by atoms with E-state index in [-0.39, 0.29) is 6.23 Å². The molecule has 0 saturated carbocycles. The minimum Gasteiger partial charge on any atom is -0.464 e. The van der Waals surface area contributed by atoms with Crippen molar-refractivity contribution < 1.29 is 4.74 Å². The van der Waals surface area contributed by atoms with E-state index in [1.807, 2.05) is 6.07 Å². The van der Waals surface area contributed by atoms with Gasteiger partial charge in [-0.25, -0.2) is 0 Å². The van der Waals surface area contributed by atoms with Gasteiger partial charge in [0.05, 0.1) is 16.7 Å². The van der Waals surface area contributed by atoms with Gasteiger partial charge in [0.2, 0.25) is 0 Å². The van der Waals surface area contributed by atoms with Gasteiger partial charge in [-0.2, -0.15) is 0 Å². The fraction of sp³-hybridized carbons (Fsp3) is 0.0233. The highest BCUT2D eigenvalue weighted by Gasteiger charge is 2.27. The second kappa shape index (κ2) is 8.77. The maximum absolute atomic E-state index is 6.69. The molecule has 0 fully saturated rings. The van der Waals surface area contributed by atoms with E-state index < -0.39 is 0 Å². The van der Waals surface area contributed by atoms with Gasteiger partial charge in [-0.3, -0.25) is 0 Å². The maximum atomic E-state index is 6.69. The Kier molecular flexibility index (Phi) is 4.63. The van der Waals surface area contributed by atoms with Gasteiger partial charge in [0, 0.05) is 27.4 Å². The first-order chi connectivity index (χ1) is 22.8. The van der Waals surface area contributed by atoms with Gasteiger partial charge in [-0.15, -0.1) is 0 Å². The monoisotopic (exact) mass is 586 g/mol. The van der Waals surface area contributed by atoms with Crippen molar-refractivity contribution in [2.24, 2.45) is 0 Å². The zero-order chi connectivity index (χ0) is 29.9. The molecule has 1 unspecified atom stereocenters. The number of anilines is 1. The SMILES string of the molecule is c1ccc(C2Nc3ccc4ccc5ccc(-n6c7cccc8c7c7c9c(cccc9ccc76)-c6ccccc6-8)cc5c4c3O2)cc1. The van der Waals surface area contributed by atoms with Crippen LogP contribution in [0.4, 0.5) is 5.69 Å². The van der Waals surface area contributed by atoms with Crippen molar-refractivity contribution in [3.05, 3.63) is 151 Å². The van der Waals surface area contributed by atoms with Crippen LogP contribution in [0.1, 0.15) is 11.8 Å². The molecular formula is C43H26N2O. The lowest BCUT2D eigenvalue weighted by atomic mass is 9.93. The number of nitrogens with zero attached hydrogens (tertiary/aromatic N) is 1. The quantitative estimate of drug-likeness (QED) is 0.204. The number of aromatic nitrogens is 1. The summed E-state index contributed by atoms with van der Waals surface area (Å²) in [7, 11) is 0. The molecule has 1 aliphatic heterocycles. The third kappa shape index (κ3) is 3.11. The van der Waals surface area contributed by atoms with Gasteiger partial charge in [-0.05, 0) is 79.5 Å². The molecule has 8 aromatic carbocycles. The summed E-state index contributed by atoms with van der Waals surface area (Å²) in [5.74, 6) is 0.917. The van der Waals surface area contributed by atoms with Crippen LogP contribution < -0.4 is 10.1 Å². The maximum Gasteiger partial charge on any atom is 0.196 e. The van der Waals surface area contributed by atoms with Crippen molar-refractivity contribution in [3.63, 3.8) is 0 Å². The molecule has 9 aromatic rings. The second-order valence-electron chi connectivity index (χ2n) is 12.5. The van der Waals surface area contributed by atoms with E-state index in [2.05, 4.69) is 149 Å². The van der Waals surface area contributed by atoms with E-state index in [0.29, 0.717) is 0 Å². The largest absolute Gasteiger partial charge is 0.464 e. The highest BCUT2D eigenvalue weighted by molar-refractivity contribution is 6.30. The summed E-state index contributed by atoms with van der Waals surface area (Å²) >= 11 is 0. The molecule has 0 spiro atoms. The van der Waals surface area contributed by atoms with E-state index in [9.17, 15) is 0 Å². The molecule has 214 valence electrons. The standard InChI is InChI=1S/C43H26N2O/c1-2-8-28(9-3-1)43-44-35-22-19-27-17-16-25-18-21-29(24-34(25)39(27)42(35)46-43)45-36-15-7-14-33-31-12-5-4-11-30(31)32-13-6-10-26-20-23-37(45)41(38(26)32)40(33)36/h1-24,43-44H. The van der Waals surface area contributed by atoms with E-state index in [1.54, 1.807) is 0 Å². The van der Waals surface area contributed by atoms with Gasteiger partial charge in [0.1, 0.15) is 0 Å². The van der Waals surface area contributed by atoms with E-state index in [4.69, 9.17) is 4.74 Å².